The molecule has 3 N–H and O–H groups in total. The van der Waals surface area contributed by atoms with Crippen LogP contribution in [0.25, 0.3) is 11.0 Å². The van der Waals surface area contributed by atoms with Crippen molar-refractivity contribution in [2.75, 3.05) is 19.1 Å². The molecule has 0 saturated carbocycles. The summed E-state index contributed by atoms with van der Waals surface area (Å²) in [5.41, 5.74) is 7.95. The van der Waals surface area contributed by atoms with E-state index in [0.717, 1.165) is 55.7 Å². The van der Waals surface area contributed by atoms with Gasteiger partial charge in [-0.2, -0.15) is 0 Å². The molecule has 0 atom stereocenters. The van der Waals surface area contributed by atoms with Crippen molar-refractivity contribution in [2.24, 2.45) is 0 Å². The summed E-state index contributed by atoms with van der Waals surface area (Å²) >= 11 is 3.93. The Bertz CT molecular complexity index is 1050. The highest BCUT2D eigenvalue weighted by molar-refractivity contribution is 14.1. The van der Waals surface area contributed by atoms with E-state index >= 15 is 0 Å². The van der Waals surface area contributed by atoms with E-state index in [1.54, 1.807) is 18.0 Å². The number of fused-ring (bicyclic) bond motifs is 2. The molecule has 9 heteroatoms. The molecule has 1 aliphatic heterocycles. The lowest BCUT2D eigenvalue weighted by molar-refractivity contribution is 0.174. The van der Waals surface area contributed by atoms with E-state index in [1.165, 1.54) is 0 Å². The molecule has 1 aromatic carbocycles. The van der Waals surface area contributed by atoms with Crippen molar-refractivity contribution in [1.82, 2.24) is 19.9 Å². The van der Waals surface area contributed by atoms with Crippen molar-refractivity contribution < 1.29 is 9.47 Å². The molecule has 0 bridgehead atoms. The van der Waals surface area contributed by atoms with Gasteiger partial charge in [0.2, 0.25) is 6.79 Å². The highest BCUT2D eigenvalue weighted by Gasteiger charge is 2.20. The number of hydrogen-bond acceptors (Lipinski definition) is 7. The molecule has 0 spiro atoms. The summed E-state index contributed by atoms with van der Waals surface area (Å²) in [6.07, 6.45) is 2.72. The van der Waals surface area contributed by atoms with Gasteiger partial charge in [0, 0.05) is 26.7 Å². The van der Waals surface area contributed by atoms with Gasteiger partial charge in [-0.3, -0.25) is 0 Å². The first-order chi connectivity index (χ1) is 13.8. The molecular weight excluding hydrogens is 501 g/mol. The van der Waals surface area contributed by atoms with Gasteiger partial charge in [-0.15, -0.1) is 0 Å². The topological polar surface area (TPSA) is 87.2 Å². The van der Waals surface area contributed by atoms with E-state index in [1.807, 2.05) is 18.2 Å². The molecule has 1 aliphatic rings. The number of ether oxygens (including phenoxy) is 2. The fourth-order valence-electron chi connectivity index (χ4n) is 3.12. The molecule has 0 aliphatic carbocycles. The monoisotopic (exact) mass is 525 g/mol. The maximum absolute atomic E-state index is 6.10. The summed E-state index contributed by atoms with van der Waals surface area (Å²) in [7, 11) is 0. The van der Waals surface area contributed by atoms with Crippen LogP contribution >= 0.6 is 34.4 Å². The van der Waals surface area contributed by atoms with Crippen LogP contribution in [0.1, 0.15) is 27.2 Å². The largest absolute Gasteiger partial charge is 0.454 e. The molecule has 154 valence electrons. The number of rotatable bonds is 6. The fourth-order valence-corrected chi connectivity index (χ4v) is 4.85. The minimum atomic E-state index is 0.103. The number of aryl methyl sites for hydroxylation is 1. The molecule has 4 rings (SSSR count). The van der Waals surface area contributed by atoms with Crippen molar-refractivity contribution in [1.29, 1.82) is 0 Å². The van der Waals surface area contributed by atoms with Gasteiger partial charge in [0.05, 0.1) is 5.52 Å². The van der Waals surface area contributed by atoms with Crippen molar-refractivity contribution in [3.8, 4) is 11.5 Å². The van der Waals surface area contributed by atoms with Gasteiger partial charge < -0.3 is 25.1 Å². The second kappa shape index (κ2) is 8.19. The van der Waals surface area contributed by atoms with Crippen LogP contribution in [0.4, 0.5) is 5.82 Å². The van der Waals surface area contributed by atoms with E-state index in [0.29, 0.717) is 5.82 Å². The molecule has 0 unspecified atom stereocenters. The highest BCUT2D eigenvalue weighted by atomic mass is 127. The number of imidazole rings is 1. The van der Waals surface area contributed by atoms with Gasteiger partial charge in [-0.1, -0.05) is 11.8 Å². The smallest absolute Gasteiger partial charge is 0.231 e. The summed E-state index contributed by atoms with van der Waals surface area (Å²) in [5, 5.41) is 4.44. The fraction of sp³-hybridized carbons (Fsp3) is 0.400. The quantitative estimate of drug-likeness (QED) is 0.367. The Hall–Kier alpha value is -1.72. The van der Waals surface area contributed by atoms with Gasteiger partial charge >= 0.3 is 0 Å². The molecule has 2 aromatic heterocycles. The lowest BCUT2D eigenvalue weighted by Gasteiger charge is -2.20. The highest BCUT2D eigenvalue weighted by Crippen LogP contribution is 2.41. The first kappa shape index (κ1) is 20.5. The molecule has 0 saturated heterocycles. The number of halogens is 1. The minimum absolute atomic E-state index is 0.103. The van der Waals surface area contributed by atoms with Crippen LogP contribution in [0.3, 0.4) is 0 Å². The van der Waals surface area contributed by atoms with Crippen LogP contribution in [0.15, 0.2) is 34.4 Å². The number of hydrogen-bond donors (Lipinski definition) is 2. The Morgan fingerprint density at radius 2 is 2.03 bits per heavy atom. The van der Waals surface area contributed by atoms with E-state index in [4.69, 9.17) is 20.2 Å². The van der Waals surface area contributed by atoms with Crippen LogP contribution in [-0.4, -0.2) is 33.4 Å². The molecule has 0 amide bonds. The summed E-state index contributed by atoms with van der Waals surface area (Å²) in [4.78, 5) is 10.1. The first-order valence-corrected chi connectivity index (χ1v) is 11.3. The first-order valence-electron chi connectivity index (χ1n) is 9.44. The number of nitrogens with zero attached hydrogens (tertiary/aromatic N) is 3. The van der Waals surface area contributed by atoms with Crippen LogP contribution in [0.2, 0.25) is 0 Å². The Balaban J connectivity index is 1.64. The van der Waals surface area contributed by atoms with E-state index in [2.05, 4.69) is 58.2 Å². The summed E-state index contributed by atoms with van der Waals surface area (Å²) in [6.45, 7) is 8.56. The third kappa shape index (κ3) is 4.56. The molecular formula is C20H24IN5O2S. The predicted molar refractivity (Wildman–Crippen MR) is 124 cm³/mol. The number of nitrogens with two attached hydrogens (primary N) is 1. The number of nitrogens with one attached hydrogen (secondary N) is 1. The lowest BCUT2D eigenvalue weighted by Crippen LogP contribution is -2.36. The number of nitrogen functional groups attached to an aromatic ring is 1. The van der Waals surface area contributed by atoms with Crippen molar-refractivity contribution in [3.05, 3.63) is 28.0 Å². The van der Waals surface area contributed by atoms with Crippen molar-refractivity contribution in [2.45, 2.75) is 49.3 Å². The average Bonchev–Trinajstić information content (AvgIpc) is 3.23. The number of benzene rings is 1. The van der Waals surface area contributed by atoms with Crippen LogP contribution in [-0.2, 0) is 6.54 Å². The summed E-state index contributed by atoms with van der Waals surface area (Å²) < 4.78 is 14.3. The van der Waals surface area contributed by atoms with Gasteiger partial charge in [-0.25, -0.2) is 9.97 Å². The zero-order valence-corrected chi connectivity index (χ0v) is 19.6. The van der Waals surface area contributed by atoms with E-state index < -0.39 is 0 Å². The van der Waals surface area contributed by atoms with Gasteiger partial charge in [0.1, 0.15) is 5.52 Å². The zero-order valence-electron chi connectivity index (χ0n) is 16.7. The number of anilines is 1. The number of aromatic nitrogens is 3. The lowest BCUT2D eigenvalue weighted by atomic mass is 10.1. The van der Waals surface area contributed by atoms with Gasteiger partial charge in [-0.05, 0) is 74.5 Å². The molecule has 29 heavy (non-hydrogen) atoms. The molecule has 0 radical (unpaired) electrons. The standard InChI is InChI=1S/C20H24IN5O2S/c1-20(2,3)24-6-4-8-26-13-5-7-23-18(22)17(13)25-19(26)29-16-10-15-14(9-12(16)21)27-11-28-15/h5,7,9-10,24H,4,6,8,11H2,1-3H3,(H2,22,23). The van der Waals surface area contributed by atoms with Gasteiger partial charge in [0.25, 0.3) is 0 Å². The van der Waals surface area contributed by atoms with Crippen LogP contribution in [0, 0.1) is 3.57 Å². The second-order valence-corrected chi connectivity index (χ2v) is 10.0. The molecule has 7 nitrogen and oxygen atoms in total. The molecule has 3 heterocycles. The minimum Gasteiger partial charge on any atom is -0.454 e. The summed E-state index contributed by atoms with van der Waals surface area (Å²) in [5.74, 6) is 2.01. The summed E-state index contributed by atoms with van der Waals surface area (Å²) in [6, 6.07) is 5.99. The molecule has 0 fully saturated rings. The average molecular weight is 525 g/mol. The second-order valence-electron chi connectivity index (χ2n) is 7.88. The Morgan fingerprint density at radius 1 is 1.28 bits per heavy atom. The van der Waals surface area contributed by atoms with Crippen molar-refractivity contribution >= 4 is 51.2 Å². The van der Waals surface area contributed by atoms with Crippen LogP contribution < -0.4 is 20.5 Å². The maximum atomic E-state index is 6.10. The Labute approximate surface area is 187 Å². The van der Waals surface area contributed by atoms with Crippen LogP contribution in [0.5, 0.6) is 11.5 Å². The van der Waals surface area contributed by atoms with Crippen molar-refractivity contribution in [3.63, 3.8) is 0 Å². The molecule has 3 aromatic rings. The van der Waals surface area contributed by atoms with Gasteiger partial charge in [0.15, 0.2) is 22.5 Å². The number of pyridine rings is 1. The normalized spacial score (nSPS) is 13.4. The zero-order chi connectivity index (χ0) is 20.6. The van der Waals surface area contributed by atoms with E-state index in [-0.39, 0.29) is 12.3 Å². The predicted octanol–water partition coefficient (Wildman–Crippen LogP) is 4.28. The third-order valence-electron chi connectivity index (χ3n) is 4.50. The third-order valence-corrected chi connectivity index (χ3v) is 6.81. The maximum Gasteiger partial charge on any atom is 0.231 e. The Morgan fingerprint density at radius 3 is 2.79 bits per heavy atom. The van der Waals surface area contributed by atoms with E-state index in [9.17, 15) is 0 Å². The Kier molecular flexibility index (Phi) is 5.80. The SMILES string of the molecule is CC(C)(C)NCCCn1c(Sc2cc3c(cc2I)OCO3)nc2c(N)nccc21.